The van der Waals surface area contributed by atoms with E-state index in [2.05, 4.69) is 0 Å². The summed E-state index contributed by atoms with van der Waals surface area (Å²) in [5.74, 6) is -1.18. The number of hydrogen-bond acceptors (Lipinski definition) is 4. The number of aliphatic carboxylic acids is 1. The molecule has 3 rings (SSSR count). The molecule has 0 aliphatic carbocycles. The van der Waals surface area contributed by atoms with Crippen molar-refractivity contribution < 1.29 is 39.8 Å². The molecule has 0 fully saturated rings. The van der Waals surface area contributed by atoms with Crippen molar-refractivity contribution in [2.24, 2.45) is 0 Å². The van der Waals surface area contributed by atoms with Gasteiger partial charge in [-0.2, -0.15) is 13.2 Å². The minimum absolute atomic E-state index is 0.0119. The van der Waals surface area contributed by atoms with Crippen LogP contribution in [0.3, 0.4) is 0 Å². The number of halogens is 3. The van der Waals surface area contributed by atoms with Crippen molar-refractivity contribution in [2.75, 3.05) is 6.61 Å². The molecule has 1 aromatic heterocycles. The highest BCUT2D eigenvalue weighted by Gasteiger charge is 2.32. The highest BCUT2D eigenvalue weighted by atomic mass is 19.4. The van der Waals surface area contributed by atoms with E-state index in [1.165, 1.54) is 18.4 Å². The third kappa shape index (κ3) is 7.87. The molecule has 198 valence electrons. The summed E-state index contributed by atoms with van der Waals surface area (Å²) in [7, 11) is 0. The van der Waals surface area contributed by atoms with Gasteiger partial charge in [-0.1, -0.05) is 12.1 Å². The molecule has 0 radical (unpaired) electrons. The van der Waals surface area contributed by atoms with Crippen molar-refractivity contribution in [3.8, 4) is 17.1 Å². The van der Waals surface area contributed by atoms with Gasteiger partial charge < -0.3 is 19.2 Å². The van der Waals surface area contributed by atoms with Gasteiger partial charge in [0.2, 0.25) is 0 Å². The molecule has 0 saturated carbocycles. The standard InChI is InChI=1S/C28H30F3NO5/c1-19(2)32(27(35)21-11-9-20(10-12-21)24-7-6-16-37-24)18-22-17-23(28(29,30)31)13-14-25(22)36-15-5-3-4-8-26(33)34/h6-7,9-14,16-17,19H,3-5,8,15,18H2,1-2H3,(H,33,34)/i18D2. The van der Waals surface area contributed by atoms with E-state index in [9.17, 15) is 22.8 Å². The molecule has 0 saturated heterocycles. The van der Waals surface area contributed by atoms with Gasteiger partial charge in [0, 0.05) is 35.6 Å². The van der Waals surface area contributed by atoms with Crippen molar-refractivity contribution in [3.05, 3.63) is 77.6 Å². The highest BCUT2D eigenvalue weighted by molar-refractivity contribution is 5.94. The van der Waals surface area contributed by atoms with Gasteiger partial charge in [-0.3, -0.25) is 9.59 Å². The number of benzene rings is 2. The molecule has 1 amide bonds. The molecule has 6 nitrogen and oxygen atoms in total. The second-order valence-corrected chi connectivity index (χ2v) is 8.70. The lowest BCUT2D eigenvalue weighted by Crippen LogP contribution is -2.36. The summed E-state index contributed by atoms with van der Waals surface area (Å²) < 4.78 is 69.5. The van der Waals surface area contributed by atoms with Gasteiger partial charge in [-0.25, -0.2) is 0 Å². The van der Waals surface area contributed by atoms with Crippen LogP contribution in [0.1, 0.15) is 63.8 Å². The van der Waals surface area contributed by atoms with Gasteiger partial charge in [0.25, 0.3) is 5.91 Å². The smallest absolute Gasteiger partial charge is 0.416 e. The molecule has 0 unspecified atom stereocenters. The van der Waals surface area contributed by atoms with Crippen molar-refractivity contribution in [1.82, 2.24) is 4.90 Å². The number of hydrogen-bond donors (Lipinski definition) is 1. The van der Waals surface area contributed by atoms with Gasteiger partial charge in [0.1, 0.15) is 11.5 Å². The molecule has 0 aliphatic rings. The van der Waals surface area contributed by atoms with Crippen LogP contribution in [-0.2, 0) is 17.5 Å². The lowest BCUT2D eigenvalue weighted by Gasteiger charge is -2.28. The van der Waals surface area contributed by atoms with Crippen LogP contribution in [0.25, 0.3) is 11.3 Å². The molecule has 37 heavy (non-hydrogen) atoms. The monoisotopic (exact) mass is 519 g/mol. The lowest BCUT2D eigenvalue weighted by atomic mass is 10.1. The summed E-state index contributed by atoms with van der Waals surface area (Å²) >= 11 is 0. The molecule has 0 atom stereocenters. The Kier molecular flexibility index (Phi) is 8.40. The first kappa shape index (κ1) is 24.9. The first-order valence-corrected chi connectivity index (χ1v) is 11.9. The van der Waals surface area contributed by atoms with Gasteiger partial charge in [-0.05, 0) is 75.6 Å². The number of alkyl halides is 3. The summed E-state index contributed by atoms with van der Waals surface area (Å²) in [6.45, 7) is 0.510. The van der Waals surface area contributed by atoms with Crippen LogP contribution in [-0.4, -0.2) is 34.5 Å². The van der Waals surface area contributed by atoms with E-state index in [0.717, 1.165) is 17.0 Å². The zero-order chi connectivity index (χ0) is 28.8. The van der Waals surface area contributed by atoms with Crippen LogP contribution in [0.2, 0.25) is 0 Å². The average molecular weight is 520 g/mol. The number of amides is 1. The van der Waals surface area contributed by atoms with E-state index >= 15 is 0 Å². The van der Waals surface area contributed by atoms with E-state index < -0.39 is 41.7 Å². The van der Waals surface area contributed by atoms with Gasteiger partial charge in [0.05, 0.1) is 21.2 Å². The van der Waals surface area contributed by atoms with E-state index in [-0.39, 0.29) is 24.3 Å². The minimum Gasteiger partial charge on any atom is -0.493 e. The number of nitrogens with zero attached hydrogens (tertiary/aromatic N) is 1. The predicted octanol–water partition coefficient (Wildman–Crippen LogP) is 7.04. The quantitative estimate of drug-likeness (QED) is 0.260. The summed E-state index contributed by atoms with van der Waals surface area (Å²) in [5.41, 5.74) is -0.658. The Morgan fingerprint density at radius 2 is 1.81 bits per heavy atom. The molecule has 9 heteroatoms. The summed E-state index contributed by atoms with van der Waals surface area (Å²) in [4.78, 5) is 25.1. The van der Waals surface area contributed by atoms with Crippen LogP contribution in [0.4, 0.5) is 13.2 Å². The van der Waals surface area contributed by atoms with Crippen LogP contribution in [0.15, 0.2) is 65.3 Å². The predicted molar refractivity (Wildman–Crippen MR) is 132 cm³/mol. The second kappa shape index (κ2) is 12.5. The number of rotatable bonds is 12. The van der Waals surface area contributed by atoms with Crippen LogP contribution < -0.4 is 4.74 Å². The fourth-order valence-electron chi connectivity index (χ4n) is 3.56. The number of carboxylic acids is 1. The van der Waals surface area contributed by atoms with Crippen LogP contribution in [0.5, 0.6) is 5.75 Å². The normalized spacial score (nSPS) is 12.7. The van der Waals surface area contributed by atoms with Gasteiger partial charge in [0.15, 0.2) is 0 Å². The Labute approximate surface area is 216 Å². The van der Waals surface area contributed by atoms with E-state index in [4.69, 9.17) is 17.0 Å². The number of carbonyl (C=O) groups excluding carboxylic acids is 1. The first-order chi connectivity index (χ1) is 18.3. The average Bonchev–Trinajstić information content (AvgIpc) is 3.40. The number of furan rings is 1. The molecular formula is C28H30F3NO5. The number of carboxylic acid groups (broad SMARTS) is 1. The van der Waals surface area contributed by atoms with Crippen molar-refractivity contribution in [2.45, 2.75) is 58.2 Å². The van der Waals surface area contributed by atoms with Gasteiger partial charge in [-0.15, -0.1) is 0 Å². The van der Waals surface area contributed by atoms with E-state index in [0.29, 0.717) is 36.7 Å². The SMILES string of the molecule is [2H]C([2H])(c1cc(C(F)(F)F)ccc1OCCCCCC(=O)O)N(C(=O)c1ccc(-c2ccco2)cc1)C(C)C. The fraction of sp³-hybridized carbons (Fsp3) is 0.357. The van der Waals surface area contributed by atoms with Crippen molar-refractivity contribution >= 4 is 11.9 Å². The Morgan fingerprint density at radius 3 is 2.41 bits per heavy atom. The Hall–Kier alpha value is -3.75. The zero-order valence-electron chi connectivity index (χ0n) is 22.5. The summed E-state index contributed by atoms with van der Waals surface area (Å²) in [6, 6.07) is 11.6. The molecule has 0 aliphatic heterocycles. The molecule has 2 aromatic carbocycles. The summed E-state index contributed by atoms with van der Waals surface area (Å²) in [5, 5.41) is 8.75. The first-order valence-electron chi connectivity index (χ1n) is 12.9. The van der Waals surface area contributed by atoms with Crippen molar-refractivity contribution in [3.63, 3.8) is 0 Å². The lowest BCUT2D eigenvalue weighted by molar-refractivity contribution is -0.138. The van der Waals surface area contributed by atoms with Crippen LogP contribution >= 0.6 is 0 Å². The molecule has 1 heterocycles. The van der Waals surface area contributed by atoms with Crippen molar-refractivity contribution in [1.29, 1.82) is 0 Å². The maximum atomic E-state index is 13.6. The maximum Gasteiger partial charge on any atom is 0.416 e. The molecular weight excluding hydrogens is 487 g/mol. The zero-order valence-corrected chi connectivity index (χ0v) is 20.5. The molecule has 0 bridgehead atoms. The highest BCUT2D eigenvalue weighted by Crippen LogP contribution is 2.34. The third-order valence-corrected chi connectivity index (χ3v) is 5.51. The molecule has 1 N–H and O–H groups in total. The van der Waals surface area contributed by atoms with Gasteiger partial charge >= 0.3 is 12.1 Å². The maximum absolute atomic E-state index is 13.6. The van der Waals surface area contributed by atoms with E-state index in [1.54, 1.807) is 38.1 Å². The third-order valence-electron chi connectivity index (χ3n) is 5.51. The van der Waals surface area contributed by atoms with Crippen LogP contribution in [0, 0.1) is 0 Å². The number of carbonyl (C=O) groups is 2. The number of unbranched alkanes of at least 4 members (excludes halogenated alkanes) is 2. The largest absolute Gasteiger partial charge is 0.493 e. The minimum atomic E-state index is -4.74. The Bertz CT molecular complexity index is 1260. The number of ether oxygens (including phenoxy) is 1. The van der Waals surface area contributed by atoms with E-state index in [1.807, 2.05) is 0 Å². The Balaban J connectivity index is 1.92. The molecule has 0 spiro atoms. The topological polar surface area (TPSA) is 80.0 Å². The molecule has 3 aromatic rings. The fourth-order valence-corrected chi connectivity index (χ4v) is 3.56. The summed E-state index contributed by atoms with van der Waals surface area (Å²) in [6.07, 6.45) is -1.90. The second-order valence-electron chi connectivity index (χ2n) is 8.70. The Morgan fingerprint density at radius 1 is 1.08 bits per heavy atom.